The van der Waals surface area contributed by atoms with Crippen molar-refractivity contribution in [1.82, 2.24) is 14.9 Å². The molecule has 6 heteroatoms. The van der Waals surface area contributed by atoms with E-state index in [0.717, 1.165) is 29.6 Å². The van der Waals surface area contributed by atoms with Crippen molar-refractivity contribution >= 4 is 22.0 Å². The Morgan fingerprint density at radius 1 is 1.33 bits per heavy atom. The zero-order valence-electron chi connectivity index (χ0n) is 12.5. The molecule has 0 spiro atoms. The molecule has 2 fully saturated rings. The van der Waals surface area contributed by atoms with Crippen molar-refractivity contribution in [2.24, 2.45) is 5.92 Å². The fraction of sp³-hybridized carbons (Fsp3) is 0.667. The lowest BCUT2D eigenvalue weighted by Gasteiger charge is -2.35. The number of nitrogens with zero attached hydrogens (tertiary/aromatic N) is 3. The molecule has 1 aromatic rings. The van der Waals surface area contributed by atoms with Gasteiger partial charge in [0.05, 0.1) is 10.5 Å². The van der Waals surface area contributed by atoms with Crippen molar-refractivity contribution in [3.8, 4) is 0 Å². The fourth-order valence-corrected chi connectivity index (χ4v) is 3.58. The Bertz CT molecular complexity index is 541. The van der Waals surface area contributed by atoms with Gasteiger partial charge in [0.1, 0.15) is 5.60 Å². The van der Waals surface area contributed by atoms with Crippen LogP contribution in [0, 0.1) is 5.92 Å². The Balaban J connectivity index is 1.87. The smallest absolute Gasteiger partial charge is 0.411 e. The van der Waals surface area contributed by atoms with Crippen LogP contribution in [-0.2, 0) is 4.74 Å². The van der Waals surface area contributed by atoms with Gasteiger partial charge < -0.3 is 4.74 Å². The van der Waals surface area contributed by atoms with Gasteiger partial charge in [-0.25, -0.2) is 14.8 Å². The topological polar surface area (TPSA) is 55.3 Å². The molecule has 1 saturated heterocycles. The van der Waals surface area contributed by atoms with Crippen LogP contribution in [0.2, 0.25) is 0 Å². The maximum absolute atomic E-state index is 12.5. The molecule has 1 saturated carbocycles. The molecule has 3 rings (SSSR count). The quantitative estimate of drug-likeness (QED) is 0.772. The molecule has 0 aromatic carbocycles. The van der Waals surface area contributed by atoms with E-state index in [1.54, 1.807) is 12.4 Å². The first-order valence-corrected chi connectivity index (χ1v) is 8.13. The molecule has 5 nitrogen and oxygen atoms in total. The number of fused-ring (bicyclic) bond motifs is 2. The number of hydrogen-bond acceptors (Lipinski definition) is 4. The minimum atomic E-state index is -0.482. The summed E-state index contributed by atoms with van der Waals surface area (Å²) in [7, 11) is 0. The van der Waals surface area contributed by atoms with Crippen LogP contribution in [-0.4, -0.2) is 32.6 Å². The first-order chi connectivity index (χ1) is 9.85. The van der Waals surface area contributed by atoms with E-state index < -0.39 is 5.60 Å². The Morgan fingerprint density at radius 2 is 2.00 bits per heavy atom. The molecule has 2 aliphatic rings. The molecule has 2 bridgehead atoms. The normalized spacial score (nSPS) is 28.0. The molecule has 1 aliphatic heterocycles. The number of hydrogen-bond donors (Lipinski definition) is 0. The third kappa shape index (κ3) is 2.91. The second kappa shape index (κ2) is 5.23. The van der Waals surface area contributed by atoms with Crippen LogP contribution in [0.15, 0.2) is 16.9 Å². The number of carbonyl (C=O) groups excluding carboxylic acids is 1. The van der Waals surface area contributed by atoms with E-state index in [-0.39, 0.29) is 18.2 Å². The second-order valence-corrected chi connectivity index (χ2v) is 7.73. The highest BCUT2D eigenvalue weighted by Crippen LogP contribution is 2.49. The number of amides is 1. The molecule has 114 valence electrons. The van der Waals surface area contributed by atoms with Crippen LogP contribution in [0.3, 0.4) is 0 Å². The predicted molar refractivity (Wildman–Crippen MR) is 81.7 cm³/mol. The van der Waals surface area contributed by atoms with Crippen LogP contribution in [0.25, 0.3) is 0 Å². The third-order valence-corrected chi connectivity index (χ3v) is 4.50. The molecule has 0 unspecified atom stereocenters. The maximum atomic E-state index is 12.5. The molecule has 0 N–H and O–H groups in total. The summed E-state index contributed by atoms with van der Waals surface area (Å²) in [6, 6.07) is 0.216. The van der Waals surface area contributed by atoms with Crippen LogP contribution in [0.1, 0.15) is 51.9 Å². The average molecular weight is 354 g/mol. The van der Waals surface area contributed by atoms with Gasteiger partial charge in [0.25, 0.3) is 0 Å². The monoisotopic (exact) mass is 353 g/mol. The van der Waals surface area contributed by atoms with E-state index in [0.29, 0.717) is 5.92 Å². The molecule has 1 amide bonds. The molecule has 1 aromatic heterocycles. The summed E-state index contributed by atoms with van der Waals surface area (Å²) < 4.78 is 6.42. The number of rotatable bonds is 1. The van der Waals surface area contributed by atoms with Gasteiger partial charge in [0.15, 0.2) is 5.82 Å². The van der Waals surface area contributed by atoms with Gasteiger partial charge in [-0.2, -0.15) is 0 Å². The lowest BCUT2D eigenvalue weighted by Crippen LogP contribution is -2.43. The van der Waals surface area contributed by atoms with E-state index in [9.17, 15) is 4.79 Å². The zero-order chi connectivity index (χ0) is 15.2. The van der Waals surface area contributed by atoms with Crippen molar-refractivity contribution in [3.05, 3.63) is 22.7 Å². The van der Waals surface area contributed by atoms with Crippen LogP contribution in [0.5, 0.6) is 0 Å². The van der Waals surface area contributed by atoms with Crippen molar-refractivity contribution < 1.29 is 9.53 Å². The molecule has 3 atom stereocenters. The van der Waals surface area contributed by atoms with Gasteiger partial charge >= 0.3 is 6.09 Å². The minimum Gasteiger partial charge on any atom is -0.444 e. The van der Waals surface area contributed by atoms with E-state index >= 15 is 0 Å². The molecule has 21 heavy (non-hydrogen) atoms. The SMILES string of the molecule is CC(C)(C)OC(=O)N1[C@@H]2CC[C@@H](C2)[C@H]1c1ncc(Br)cn1. The Kier molecular flexibility index (Phi) is 3.67. The summed E-state index contributed by atoms with van der Waals surface area (Å²) in [5.41, 5.74) is -0.482. The minimum absolute atomic E-state index is 0.0494. The van der Waals surface area contributed by atoms with Gasteiger partial charge in [-0.15, -0.1) is 0 Å². The number of aromatic nitrogens is 2. The van der Waals surface area contributed by atoms with E-state index in [1.165, 1.54) is 0 Å². The lowest BCUT2D eigenvalue weighted by molar-refractivity contribution is 0.00609. The standard InChI is InChI=1S/C15H20BrN3O2/c1-15(2,3)21-14(20)19-11-5-4-9(6-11)12(19)13-17-7-10(16)8-18-13/h7-9,11-12H,4-6H2,1-3H3/t9-,11+,12-/m0/s1. The molecule has 2 heterocycles. The Morgan fingerprint density at radius 3 is 2.62 bits per heavy atom. The van der Waals surface area contributed by atoms with Crippen molar-refractivity contribution in [3.63, 3.8) is 0 Å². The summed E-state index contributed by atoms with van der Waals surface area (Å²) >= 11 is 3.35. The summed E-state index contributed by atoms with van der Waals surface area (Å²) in [5.74, 6) is 1.17. The van der Waals surface area contributed by atoms with Gasteiger partial charge in [0.2, 0.25) is 0 Å². The number of carbonyl (C=O) groups is 1. The molecular formula is C15H20BrN3O2. The fourth-order valence-electron chi connectivity index (χ4n) is 3.37. The highest BCUT2D eigenvalue weighted by Gasteiger charge is 2.51. The first-order valence-electron chi connectivity index (χ1n) is 7.34. The average Bonchev–Trinajstić information content (AvgIpc) is 2.97. The first kappa shape index (κ1) is 14.8. The van der Waals surface area contributed by atoms with Crippen molar-refractivity contribution in [2.75, 3.05) is 0 Å². The highest BCUT2D eigenvalue weighted by atomic mass is 79.9. The summed E-state index contributed by atoms with van der Waals surface area (Å²) in [4.78, 5) is 23.2. The van der Waals surface area contributed by atoms with Crippen LogP contribution in [0.4, 0.5) is 4.79 Å². The van der Waals surface area contributed by atoms with Gasteiger partial charge in [-0.1, -0.05) is 0 Å². The number of halogens is 1. The lowest BCUT2D eigenvalue weighted by atomic mass is 9.98. The number of ether oxygens (including phenoxy) is 1. The summed E-state index contributed by atoms with van der Waals surface area (Å²) in [6.07, 6.45) is 6.45. The Hall–Kier alpha value is -1.17. The van der Waals surface area contributed by atoms with E-state index in [2.05, 4.69) is 25.9 Å². The number of likely N-dealkylation sites (tertiary alicyclic amines) is 1. The van der Waals surface area contributed by atoms with Crippen molar-refractivity contribution in [2.45, 2.75) is 57.7 Å². The molecule has 0 radical (unpaired) electrons. The second-order valence-electron chi connectivity index (χ2n) is 6.82. The van der Waals surface area contributed by atoms with Gasteiger partial charge in [-0.05, 0) is 61.9 Å². The van der Waals surface area contributed by atoms with E-state index in [4.69, 9.17) is 4.74 Å². The van der Waals surface area contributed by atoms with Crippen molar-refractivity contribution in [1.29, 1.82) is 0 Å². The third-order valence-electron chi connectivity index (χ3n) is 4.09. The number of piperidine rings is 1. The molecule has 1 aliphatic carbocycles. The molecular weight excluding hydrogens is 334 g/mol. The van der Waals surface area contributed by atoms with Crippen LogP contribution < -0.4 is 0 Å². The zero-order valence-corrected chi connectivity index (χ0v) is 14.1. The van der Waals surface area contributed by atoms with Crippen LogP contribution >= 0.6 is 15.9 Å². The van der Waals surface area contributed by atoms with Gasteiger partial charge in [0, 0.05) is 18.4 Å². The summed E-state index contributed by atoms with van der Waals surface area (Å²) in [5, 5.41) is 0. The predicted octanol–water partition coefficient (Wildman–Crippen LogP) is 3.70. The maximum Gasteiger partial charge on any atom is 0.411 e. The van der Waals surface area contributed by atoms with E-state index in [1.807, 2.05) is 25.7 Å². The summed E-state index contributed by atoms with van der Waals surface area (Å²) in [6.45, 7) is 5.68. The highest BCUT2D eigenvalue weighted by molar-refractivity contribution is 9.10. The largest absolute Gasteiger partial charge is 0.444 e. The van der Waals surface area contributed by atoms with Gasteiger partial charge in [-0.3, -0.25) is 4.90 Å². The Labute approximate surface area is 133 Å².